The Morgan fingerprint density at radius 1 is 1.08 bits per heavy atom. The van der Waals surface area contributed by atoms with Crippen molar-refractivity contribution >= 4 is 5.91 Å². The van der Waals surface area contributed by atoms with Crippen LogP contribution < -0.4 is 0 Å². The van der Waals surface area contributed by atoms with Gasteiger partial charge < -0.3 is 4.90 Å². The van der Waals surface area contributed by atoms with E-state index in [0.717, 1.165) is 11.4 Å². The van der Waals surface area contributed by atoms with E-state index in [1.165, 1.54) is 17.7 Å². The molecule has 26 heavy (non-hydrogen) atoms. The van der Waals surface area contributed by atoms with Crippen LogP contribution in [0.3, 0.4) is 0 Å². The van der Waals surface area contributed by atoms with Crippen molar-refractivity contribution in [1.29, 1.82) is 0 Å². The summed E-state index contributed by atoms with van der Waals surface area (Å²) in [5, 5.41) is 4.49. The predicted molar refractivity (Wildman–Crippen MR) is 95.9 cm³/mol. The molecule has 0 spiro atoms. The van der Waals surface area contributed by atoms with Crippen LogP contribution in [-0.2, 0) is 0 Å². The molecule has 1 aliphatic heterocycles. The molecule has 0 radical (unpaired) electrons. The summed E-state index contributed by atoms with van der Waals surface area (Å²) in [5.74, 6) is 0.0580. The summed E-state index contributed by atoms with van der Waals surface area (Å²) in [7, 11) is 0. The van der Waals surface area contributed by atoms with Crippen molar-refractivity contribution in [2.24, 2.45) is 0 Å². The fourth-order valence-electron chi connectivity index (χ4n) is 3.43. The van der Waals surface area contributed by atoms with E-state index in [1.54, 1.807) is 29.2 Å². The SMILES string of the molecule is Cc1nn(-c2ccc(F)cc2)c(C)c1C(=O)N1CC(c2ccncc2)C1. The molecule has 1 fully saturated rings. The maximum absolute atomic E-state index is 13.2. The van der Waals surface area contributed by atoms with Gasteiger partial charge in [-0.25, -0.2) is 9.07 Å². The Labute approximate surface area is 151 Å². The first-order valence-electron chi connectivity index (χ1n) is 8.56. The molecule has 0 unspecified atom stereocenters. The Morgan fingerprint density at radius 2 is 1.73 bits per heavy atom. The zero-order valence-electron chi connectivity index (χ0n) is 14.7. The van der Waals surface area contributed by atoms with Gasteiger partial charge in [0.05, 0.1) is 22.6 Å². The lowest BCUT2D eigenvalue weighted by Gasteiger charge is -2.39. The van der Waals surface area contributed by atoms with E-state index < -0.39 is 0 Å². The van der Waals surface area contributed by atoms with Crippen LogP contribution in [0.4, 0.5) is 4.39 Å². The number of nitrogens with zero attached hydrogens (tertiary/aromatic N) is 4. The van der Waals surface area contributed by atoms with Gasteiger partial charge in [0.1, 0.15) is 5.82 Å². The van der Waals surface area contributed by atoms with Crippen LogP contribution in [0.15, 0.2) is 48.8 Å². The molecule has 1 aliphatic rings. The topological polar surface area (TPSA) is 51.0 Å². The maximum atomic E-state index is 13.2. The van der Waals surface area contributed by atoms with Crippen LogP contribution in [0, 0.1) is 19.7 Å². The third-order valence-electron chi connectivity index (χ3n) is 4.92. The highest BCUT2D eigenvalue weighted by atomic mass is 19.1. The van der Waals surface area contributed by atoms with Crippen molar-refractivity contribution in [3.05, 3.63) is 77.1 Å². The first kappa shape index (κ1) is 16.4. The molecule has 0 atom stereocenters. The molecule has 5 nitrogen and oxygen atoms in total. The maximum Gasteiger partial charge on any atom is 0.257 e. The van der Waals surface area contributed by atoms with Gasteiger partial charge in [0, 0.05) is 31.4 Å². The molecule has 0 bridgehead atoms. The summed E-state index contributed by atoms with van der Waals surface area (Å²) in [6.45, 7) is 5.10. The molecule has 0 aliphatic carbocycles. The summed E-state index contributed by atoms with van der Waals surface area (Å²) < 4.78 is 14.9. The molecular weight excluding hydrogens is 331 g/mol. The zero-order valence-corrected chi connectivity index (χ0v) is 14.7. The molecule has 132 valence electrons. The molecule has 0 N–H and O–H groups in total. The molecule has 3 heterocycles. The second-order valence-corrected chi connectivity index (χ2v) is 6.62. The number of hydrogen-bond donors (Lipinski definition) is 0. The summed E-state index contributed by atoms with van der Waals surface area (Å²) in [6.07, 6.45) is 3.56. The summed E-state index contributed by atoms with van der Waals surface area (Å²) in [4.78, 5) is 18.8. The average Bonchev–Trinajstić information content (AvgIpc) is 2.89. The van der Waals surface area contributed by atoms with Gasteiger partial charge >= 0.3 is 0 Å². The number of carbonyl (C=O) groups excluding carboxylic acids is 1. The number of aryl methyl sites for hydroxylation is 1. The van der Waals surface area contributed by atoms with Crippen LogP contribution in [0.2, 0.25) is 0 Å². The van der Waals surface area contributed by atoms with Crippen LogP contribution in [0.5, 0.6) is 0 Å². The van der Waals surface area contributed by atoms with Crippen LogP contribution in [-0.4, -0.2) is 38.7 Å². The largest absolute Gasteiger partial charge is 0.337 e. The zero-order chi connectivity index (χ0) is 18.3. The van der Waals surface area contributed by atoms with Crippen LogP contribution >= 0.6 is 0 Å². The number of hydrogen-bond acceptors (Lipinski definition) is 3. The quantitative estimate of drug-likeness (QED) is 0.728. The van der Waals surface area contributed by atoms with Gasteiger partial charge in [0.15, 0.2) is 0 Å². The van der Waals surface area contributed by atoms with Crippen molar-refractivity contribution in [3.63, 3.8) is 0 Å². The molecular formula is C20H19FN4O. The van der Waals surface area contributed by atoms with Gasteiger partial charge in [-0.15, -0.1) is 0 Å². The number of pyridine rings is 1. The number of likely N-dealkylation sites (tertiary alicyclic amines) is 1. The second kappa shape index (κ2) is 6.37. The van der Waals surface area contributed by atoms with Gasteiger partial charge in [0.25, 0.3) is 5.91 Å². The van der Waals surface area contributed by atoms with Crippen molar-refractivity contribution in [2.45, 2.75) is 19.8 Å². The lowest BCUT2D eigenvalue weighted by molar-refractivity contribution is 0.0600. The van der Waals surface area contributed by atoms with Gasteiger partial charge in [-0.2, -0.15) is 5.10 Å². The van der Waals surface area contributed by atoms with E-state index in [0.29, 0.717) is 30.3 Å². The molecule has 3 aromatic rings. The van der Waals surface area contributed by atoms with Crippen molar-refractivity contribution in [3.8, 4) is 5.69 Å². The molecule has 0 saturated carbocycles. The van der Waals surface area contributed by atoms with E-state index in [-0.39, 0.29) is 11.7 Å². The van der Waals surface area contributed by atoms with Gasteiger partial charge in [-0.05, 0) is 55.8 Å². The Hall–Kier alpha value is -3.02. The smallest absolute Gasteiger partial charge is 0.257 e. The molecule has 2 aromatic heterocycles. The van der Waals surface area contributed by atoms with Gasteiger partial charge in [-0.3, -0.25) is 9.78 Å². The van der Waals surface area contributed by atoms with Crippen molar-refractivity contribution in [1.82, 2.24) is 19.7 Å². The van der Waals surface area contributed by atoms with E-state index in [1.807, 2.05) is 30.9 Å². The first-order chi connectivity index (χ1) is 12.5. The predicted octanol–water partition coefficient (Wildman–Crippen LogP) is 3.26. The summed E-state index contributed by atoms with van der Waals surface area (Å²) >= 11 is 0. The molecule has 4 rings (SSSR count). The standard InChI is InChI=1S/C20H19FN4O/c1-13-19(14(2)25(23-13)18-5-3-17(21)4-6-18)20(26)24-11-16(12-24)15-7-9-22-10-8-15/h3-10,16H,11-12H2,1-2H3. The number of rotatable bonds is 3. The van der Waals surface area contributed by atoms with E-state index >= 15 is 0 Å². The Bertz CT molecular complexity index is 944. The number of aromatic nitrogens is 3. The lowest BCUT2D eigenvalue weighted by Crippen LogP contribution is -2.48. The number of amides is 1. The highest BCUT2D eigenvalue weighted by Gasteiger charge is 2.34. The van der Waals surface area contributed by atoms with E-state index in [4.69, 9.17) is 0 Å². The summed E-state index contributed by atoms with van der Waals surface area (Å²) in [6, 6.07) is 10.1. The minimum Gasteiger partial charge on any atom is -0.337 e. The fraction of sp³-hybridized carbons (Fsp3) is 0.250. The number of benzene rings is 1. The van der Waals surface area contributed by atoms with Gasteiger partial charge in [-0.1, -0.05) is 0 Å². The Morgan fingerprint density at radius 3 is 2.38 bits per heavy atom. The highest BCUT2D eigenvalue weighted by Crippen LogP contribution is 2.29. The molecule has 1 saturated heterocycles. The number of carbonyl (C=O) groups is 1. The minimum absolute atomic E-state index is 0.00123. The Balaban J connectivity index is 1.55. The van der Waals surface area contributed by atoms with E-state index in [9.17, 15) is 9.18 Å². The van der Waals surface area contributed by atoms with E-state index in [2.05, 4.69) is 10.1 Å². The normalized spacial score (nSPS) is 14.3. The first-order valence-corrected chi connectivity index (χ1v) is 8.56. The summed E-state index contributed by atoms with van der Waals surface area (Å²) in [5.41, 5.74) is 4.03. The lowest BCUT2D eigenvalue weighted by atomic mass is 9.91. The van der Waals surface area contributed by atoms with Gasteiger partial charge in [0.2, 0.25) is 0 Å². The fourth-order valence-corrected chi connectivity index (χ4v) is 3.43. The van der Waals surface area contributed by atoms with Crippen molar-refractivity contribution in [2.75, 3.05) is 13.1 Å². The highest BCUT2D eigenvalue weighted by molar-refractivity contribution is 5.97. The molecule has 1 amide bonds. The molecule has 1 aromatic carbocycles. The van der Waals surface area contributed by atoms with Crippen molar-refractivity contribution < 1.29 is 9.18 Å². The minimum atomic E-state index is -0.297. The van der Waals surface area contributed by atoms with Crippen LogP contribution in [0.25, 0.3) is 5.69 Å². The van der Waals surface area contributed by atoms with Crippen LogP contribution in [0.1, 0.15) is 33.2 Å². The number of halogens is 1. The third kappa shape index (κ3) is 2.77. The second-order valence-electron chi connectivity index (χ2n) is 6.62. The molecule has 6 heteroatoms. The third-order valence-corrected chi connectivity index (χ3v) is 4.92. The Kier molecular flexibility index (Phi) is 4.03. The average molecular weight is 350 g/mol. The monoisotopic (exact) mass is 350 g/mol.